The first-order valence-corrected chi connectivity index (χ1v) is 5.69. The van der Waals surface area contributed by atoms with Crippen LogP contribution in [0.2, 0.25) is 0 Å². The number of halogens is 2. The Bertz CT molecular complexity index is 653. The summed E-state index contributed by atoms with van der Waals surface area (Å²) in [5.41, 5.74) is 0.803. The fraction of sp³-hybridized carbons (Fsp3) is 0.231. The first-order chi connectivity index (χ1) is 9.43. The van der Waals surface area contributed by atoms with Crippen LogP contribution in [0.5, 0.6) is 5.75 Å². The van der Waals surface area contributed by atoms with Crippen LogP contribution < -0.4 is 4.74 Å². The Labute approximate surface area is 113 Å². The van der Waals surface area contributed by atoms with Gasteiger partial charge in [-0.3, -0.25) is 5.10 Å². The molecule has 5 nitrogen and oxygen atoms in total. The standard InChI is InChI=1S/C13H12F2N2O3/c1-6-3-7(9-5-10(13(18)19)17-16-9)11(20-2)8(4-6)12(14)15/h3-5,12H,1-2H3,(H,16,17)(H,18,19). The normalized spacial score (nSPS) is 10.8. The van der Waals surface area contributed by atoms with Crippen LogP contribution in [0.3, 0.4) is 0 Å². The molecule has 0 amide bonds. The number of methoxy groups -OCH3 is 1. The van der Waals surface area contributed by atoms with E-state index in [-0.39, 0.29) is 22.7 Å². The lowest BCUT2D eigenvalue weighted by Gasteiger charge is -2.13. The number of rotatable bonds is 4. The minimum Gasteiger partial charge on any atom is -0.496 e. The van der Waals surface area contributed by atoms with E-state index in [2.05, 4.69) is 10.2 Å². The molecule has 0 spiro atoms. The minimum atomic E-state index is -2.69. The fourth-order valence-corrected chi connectivity index (χ4v) is 1.95. The largest absolute Gasteiger partial charge is 0.496 e. The summed E-state index contributed by atoms with van der Waals surface area (Å²) in [7, 11) is 1.28. The second-order valence-corrected chi connectivity index (χ2v) is 4.21. The third-order valence-corrected chi connectivity index (χ3v) is 2.79. The van der Waals surface area contributed by atoms with E-state index in [4.69, 9.17) is 9.84 Å². The molecule has 0 unspecified atom stereocenters. The van der Waals surface area contributed by atoms with Gasteiger partial charge in [-0.1, -0.05) is 0 Å². The van der Waals surface area contributed by atoms with Crippen LogP contribution in [-0.4, -0.2) is 28.4 Å². The summed E-state index contributed by atoms with van der Waals surface area (Å²) in [5.74, 6) is -1.18. The van der Waals surface area contributed by atoms with Crippen molar-refractivity contribution in [1.29, 1.82) is 0 Å². The van der Waals surface area contributed by atoms with Gasteiger partial charge in [0, 0.05) is 5.56 Å². The van der Waals surface area contributed by atoms with Crippen molar-refractivity contribution in [3.8, 4) is 17.0 Å². The first-order valence-electron chi connectivity index (χ1n) is 5.69. The van der Waals surface area contributed by atoms with Crippen LogP contribution in [0.15, 0.2) is 18.2 Å². The highest BCUT2D eigenvalue weighted by atomic mass is 19.3. The number of carboxylic acid groups (broad SMARTS) is 1. The molecule has 0 aliphatic rings. The molecule has 0 bridgehead atoms. The zero-order valence-corrected chi connectivity index (χ0v) is 10.8. The van der Waals surface area contributed by atoms with E-state index in [1.165, 1.54) is 19.2 Å². The minimum absolute atomic E-state index is 0.00552. The zero-order chi connectivity index (χ0) is 14.9. The molecule has 1 heterocycles. The van der Waals surface area contributed by atoms with Crippen molar-refractivity contribution >= 4 is 5.97 Å². The lowest BCUT2D eigenvalue weighted by atomic mass is 10.0. The van der Waals surface area contributed by atoms with Gasteiger partial charge < -0.3 is 9.84 Å². The Morgan fingerprint density at radius 2 is 2.10 bits per heavy atom. The summed E-state index contributed by atoms with van der Waals surface area (Å²) in [6.45, 7) is 1.67. The number of carboxylic acids is 1. The van der Waals surface area contributed by atoms with Gasteiger partial charge in [-0.15, -0.1) is 0 Å². The number of benzene rings is 1. The zero-order valence-electron chi connectivity index (χ0n) is 10.8. The molecular weight excluding hydrogens is 270 g/mol. The van der Waals surface area contributed by atoms with Crippen LogP contribution in [0.1, 0.15) is 28.0 Å². The van der Waals surface area contributed by atoms with E-state index in [0.29, 0.717) is 11.1 Å². The highest BCUT2D eigenvalue weighted by Gasteiger charge is 2.21. The molecule has 0 radical (unpaired) electrons. The maximum absolute atomic E-state index is 13.0. The molecule has 0 atom stereocenters. The number of aryl methyl sites for hydroxylation is 1. The average molecular weight is 282 g/mol. The SMILES string of the molecule is COc1c(-c2cc(C(=O)O)[nH]n2)cc(C)cc1C(F)F. The van der Waals surface area contributed by atoms with Gasteiger partial charge in [0.15, 0.2) is 0 Å². The van der Waals surface area contributed by atoms with Crippen molar-refractivity contribution in [2.24, 2.45) is 0 Å². The molecule has 20 heavy (non-hydrogen) atoms. The van der Waals surface area contributed by atoms with Crippen LogP contribution in [-0.2, 0) is 0 Å². The molecule has 0 fully saturated rings. The van der Waals surface area contributed by atoms with E-state index in [1.54, 1.807) is 13.0 Å². The van der Waals surface area contributed by atoms with Crippen molar-refractivity contribution in [2.75, 3.05) is 7.11 Å². The number of nitrogens with zero attached hydrogens (tertiary/aromatic N) is 1. The molecule has 0 aliphatic carbocycles. The molecule has 1 aromatic carbocycles. The maximum atomic E-state index is 13.0. The van der Waals surface area contributed by atoms with Gasteiger partial charge in [-0.05, 0) is 30.7 Å². The van der Waals surface area contributed by atoms with Crippen LogP contribution >= 0.6 is 0 Å². The van der Waals surface area contributed by atoms with E-state index in [0.717, 1.165) is 0 Å². The molecule has 0 saturated carbocycles. The van der Waals surface area contributed by atoms with Crippen molar-refractivity contribution in [3.63, 3.8) is 0 Å². The van der Waals surface area contributed by atoms with Crippen LogP contribution in [0.25, 0.3) is 11.3 Å². The Hall–Kier alpha value is -2.44. The fourth-order valence-electron chi connectivity index (χ4n) is 1.95. The molecule has 2 N–H and O–H groups in total. The van der Waals surface area contributed by atoms with E-state index in [1.807, 2.05) is 0 Å². The predicted octanol–water partition coefficient (Wildman–Crippen LogP) is 3.03. The second-order valence-electron chi connectivity index (χ2n) is 4.21. The van der Waals surface area contributed by atoms with Gasteiger partial charge in [0.2, 0.25) is 0 Å². The summed E-state index contributed by atoms with van der Waals surface area (Å²) in [6, 6.07) is 4.22. The smallest absolute Gasteiger partial charge is 0.353 e. The van der Waals surface area contributed by atoms with Gasteiger partial charge in [0.1, 0.15) is 11.4 Å². The Morgan fingerprint density at radius 3 is 2.60 bits per heavy atom. The van der Waals surface area contributed by atoms with E-state index < -0.39 is 12.4 Å². The number of nitrogens with one attached hydrogen (secondary N) is 1. The van der Waals surface area contributed by atoms with Crippen molar-refractivity contribution in [1.82, 2.24) is 10.2 Å². The molecule has 2 aromatic rings. The number of hydrogen-bond donors (Lipinski definition) is 2. The Balaban J connectivity index is 2.62. The number of aromatic amines is 1. The van der Waals surface area contributed by atoms with Crippen molar-refractivity contribution in [2.45, 2.75) is 13.3 Å². The van der Waals surface area contributed by atoms with Gasteiger partial charge in [0.05, 0.1) is 18.4 Å². The number of ether oxygens (including phenoxy) is 1. The molecule has 7 heteroatoms. The third-order valence-electron chi connectivity index (χ3n) is 2.79. The molecule has 1 aromatic heterocycles. The summed E-state index contributed by atoms with van der Waals surface area (Å²) >= 11 is 0. The van der Waals surface area contributed by atoms with Gasteiger partial charge in [-0.2, -0.15) is 5.10 Å². The van der Waals surface area contributed by atoms with E-state index in [9.17, 15) is 13.6 Å². The van der Waals surface area contributed by atoms with Crippen LogP contribution in [0.4, 0.5) is 8.78 Å². The van der Waals surface area contributed by atoms with Gasteiger partial charge in [0.25, 0.3) is 6.43 Å². The highest BCUT2D eigenvalue weighted by Crippen LogP contribution is 2.38. The summed E-state index contributed by atoms with van der Waals surface area (Å²) in [4.78, 5) is 10.8. The summed E-state index contributed by atoms with van der Waals surface area (Å²) in [5, 5.41) is 15.0. The number of aromatic carboxylic acids is 1. The number of hydrogen-bond acceptors (Lipinski definition) is 3. The topological polar surface area (TPSA) is 75.2 Å². The Kier molecular flexibility index (Phi) is 3.69. The number of alkyl halides is 2. The predicted molar refractivity (Wildman–Crippen MR) is 67.2 cm³/mol. The number of carbonyl (C=O) groups is 1. The quantitative estimate of drug-likeness (QED) is 0.903. The van der Waals surface area contributed by atoms with E-state index >= 15 is 0 Å². The summed E-state index contributed by atoms with van der Waals surface area (Å²) < 4.78 is 31.1. The highest BCUT2D eigenvalue weighted by molar-refractivity contribution is 5.87. The third kappa shape index (κ3) is 2.47. The molecule has 2 rings (SSSR count). The van der Waals surface area contributed by atoms with Crippen molar-refractivity contribution < 1.29 is 23.4 Å². The Morgan fingerprint density at radius 1 is 1.40 bits per heavy atom. The lowest BCUT2D eigenvalue weighted by Crippen LogP contribution is -1.97. The monoisotopic (exact) mass is 282 g/mol. The maximum Gasteiger partial charge on any atom is 0.353 e. The van der Waals surface area contributed by atoms with Crippen LogP contribution in [0, 0.1) is 6.92 Å². The summed E-state index contributed by atoms with van der Waals surface area (Å²) in [6.07, 6.45) is -2.69. The molecule has 106 valence electrons. The van der Waals surface area contributed by atoms with Crippen molar-refractivity contribution in [3.05, 3.63) is 35.0 Å². The molecule has 0 aliphatic heterocycles. The number of aromatic nitrogens is 2. The molecular formula is C13H12F2N2O3. The van der Waals surface area contributed by atoms with Gasteiger partial charge >= 0.3 is 5.97 Å². The first kappa shape index (κ1) is 14.0. The van der Waals surface area contributed by atoms with Gasteiger partial charge in [-0.25, -0.2) is 13.6 Å². The lowest BCUT2D eigenvalue weighted by molar-refractivity contribution is 0.0690. The molecule has 0 saturated heterocycles. The number of H-pyrrole nitrogens is 1. The second kappa shape index (κ2) is 5.28. The average Bonchev–Trinajstić information content (AvgIpc) is 2.87.